The predicted molar refractivity (Wildman–Crippen MR) is 145 cm³/mol. The number of aryl methyl sites for hydroxylation is 4. The highest BCUT2D eigenvalue weighted by Gasteiger charge is 2.39. The summed E-state index contributed by atoms with van der Waals surface area (Å²) in [5, 5.41) is 0. The van der Waals surface area contributed by atoms with E-state index in [9.17, 15) is 27.6 Å². The molecule has 0 atom stereocenters. The molecule has 40 heavy (non-hydrogen) atoms. The molecule has 0 aliphatic carbocycles. The van der Waals surface area contributed by atoms with E-state index in [1.54, 1.807) is 67.8 Å². The number of halogens is 3. The second kappa shape index (κ2) is 9.93. The number of hydrogen-bond donors (Lipinski definition) is 0. The van der Waals surface area contributed by atoms with E-state index in [1.807, 2.05) is 13.0 Å². The molecule has 1 aliphatic heterocycles. The Hall–Kier alpha value is -4.46. The Morgan fingerprint density at radius 1 is 0.825 bits per heavy atom. The molecule has 5 rings (SSSR count). The van der Waals surface area contributed by atoms with E-state index in [-0.39, 0.29) is 23.4 Å². The maximum atomic E-state index is 13.7. The molecule has 3 aromatic carbocycles. The summed E-state index contributed by atoms with van der Waals surface area (Å²) in [7, 11) is 0. The fourth-order valence-electron chi connectivity index (χ4n) is 5.42. The molecule has 1 aliphatic rings. The second-order valence-electron chi connectivity index (χ2n) is 10.0. The van der Waals surface area contributed by atoms with Gasteiger partial charge in [0.25, 0.3) is 11.8 Å². The number of benzene rings is 3. The SMILES string of the molecule is CCc1cc(C)n(-c2ccc(C(F)(F)F)cc2C(=O)c2ccccc2)c1CN1C(=O)c2c(C)ccc(C)c2C1=O. The van der Waals surface area contributed by atoms with Crippen molar-refractivity contribution in [1.82, 2.24) is 9.47 Å². The van der Waals surface area contributed by atoms with E-state index in [1.165, 1.54) is 11.0 Å². The topological polar surface area (TPSA) is 59.4 Å². The molecule has 0 N–H and O–H groups in total. The lowest BCUT2D eigenvalue weighted by Crippen LogP contribution is -2.31. The molecule has 2 amide bonds. The summed E-state index contributed by atoms with van der Waals surface area (Å²) < 4.78 is 42.9. The van der Waals surface area contributed by atoms with Gasteiger partial charge in [0.15, 0.2) is 5.78 Å². The van der Waals surface area contributed by atoms with E-state index in [4.69, 9.17) is 0 Å². The smallest absolute Gasteiger partial charge is 0.315 e. The minimum absolute atomic E-state index is 0.0950. The Morgan fingerprint density at radius 2 is 1.43 bits per heavy atom. The second-order valence-corrected chi connectivity index (χ2v) is 10.0. The molecule has 0 spiro atoms. The molecule has 0 bridgehead atoms. The van der Waals surface area contributed by atoms with Gasteiger partial charge in [-0.1, -0.05) is 49.4 Å². The van der Waals surface area contributed by atoms with Crippen LogP contribution in [0.4, 0.5) is 13.2 Å². The molecule has 5 nitrogen and oxygen atoms in total. The summed E-state index contributed by atoms with van der Waals surface area (Å²) in [4.78, 5) is 41.7. The zero-order valence-electron chi connectivity index (χ0n) is 22.5. The van der Waals surface area contributed by atoms with Crippen LogP contribution in [-0.4, -0.2) is 27.1 Å². The molecule has 0 unspecified atom stereocenters. The average molecular weight is 545 g/mol. The van der Waals surface area contributed by atoms with E-state index in [0.29, 0.717) is 40.1 Å². The molecule has 1 aromatic heterocycles. The van der Waals surface area contributed by atoms with Crippen molar-refractivity contribution in [3.63, 3.8) is 0 Å². The van der Waals surface area contributed by atoms with Gasteiger partial charge < -0.3 is 4.57 Å². The van der Waals surface area contributed by atoms with Crippen LogP contribution in [0.5, 0.6) is 0 Å². The molecule has 0 fully saturated rings. The van der Waals surface area contributed by atoms with Crippen LogP contribution in [0, 0.1) is 20.8 Å². The van der Waals surface area contributed by atoms with Crippen LogP contribution in [0.1, 0.15) is 77.2 Å². The first-order valence-corrected chi connectivity index (χ1v) is 12.9. The largest absolute Gasteiger partial charge is 0.416 e. The highest BCUT2D eigenvalue weighted by molar-refractivity contribution is 6.22. The monoisotopic (exact) mass is 544 g/mol. The van der Waals surface area contributed by atoms with Gasteiger partial charge in [-0.15, -0.1) is 0 Å². The van der Waals surface area contributed by atoms with Gasteiger partial charge >= 0.3 is 6.18 Å². The fraction of sp³-hybridized carbons (Fsp3) is 0.219. The van der Waals surface area contributed by atoms with Crippen molar-refractivity contribution in [1.29, 1.82) is 0 Å². The van der Waals surface area contributed by atoms with Gasteiger partial charge in [0.1, 0.15) is 0 Å². The van der Waals surface area contributed by atoms with Crippen molar-refractivity contribution in [3.05, 3.63) is 123 Å². The Balaban J connectivity index is 1.68. The zero-order valence-corrected chi connectivity index (χ0v) is 22.5. The molecular weight excluding hydrogens is 517 g/mol. The van der Waals surface area contributed by atoms with Crippen molar-refractivity contribution in [3.8, 4) is 5.69 Å². The molecular formula is C32H27F3N2O3. The molecule has 2 heterocycles. The molecule has 0 radical (unpaired) electrons. The molecule has 0 saturated carbocycles. The number of aromatic nitrogens is 1. The number of carbonyl (C=O) groups excluding carboxylic acids is 3. The van der Waals surface area contributed by atoms with Gasteiger partial charge in [0.2, 0.25) is 0 Å². The van der Waals surface area contributed by atoms with Gasteiger partial charge in [0, 0.05) is 22.5 Å². The minimum Gasteiger partial charge on any atom is -0.315 e. The van der Waals surface area contributed by atoms with Gasteiger partial charge in [-0.2, -0.15) is 13.2 Å². The number of ketones is 1. The van der Waals surface area contributed by atoms with Crippen LogP contribution >= 0.6 is 0 Å². The summed E-state index contributed by atoms with van der Waals surface area (Å²) in [6.07, 6.45) is -4.10. The summed E-state index contributed by atoms with van der Waals surface area (Å²) in [6.45, 7) is 7.17. The lowest BCUT2D eigenvalue weighted by Gasteiger charge is -2.21. The molecule has 8 heteroatoms. The number of alkyl halides is 3. The number of carbonyl (C=O) groups is 3. The Kier molecular flexibility index (Phi) is 6.74. The molecule has 204 valence electrons. The number of hydrogen-bond acceptors (Lipinski definition) is 3. The number of rotatable bonds is 6. The van der Waals surface area contributed by atoms with E-state index >= 15 is 0 Å². The zero-order chi connectivity index (χ0) is 28.9. The first-order chi connectivity index (χ1) is 18.9. The first kappa shape index (κ1) is 27.1. The van der Waals surface area contributed by atoms with Crippen LogP contribution in [0.3, 0.4) is 0 Å². The summed E-state index contributed by atoms with van der Waals surface area (Å²) in [6, 6.07) is 16.7. The fourth-order valence-corrected chi connectivity index (χ4v) is 5.42. The predicted octanol–water partition coefficient (Wildman–Crippen LogP) is 7.01. The summed E-state index contributed by atoms with van der Waals surface area (Å²) >= 11 is 0. The Morgan fingerprint density at radius 3 is 1.98 bits per heavy atom. The van der Waals surface area contributed by atoms with E-state index < -0.39 is 29.3 Å². The van der Waals surface area contributed by atoms with Crippen molar-refractivity contribution in [2.45, 2.75) is 46.8 Å². The third kappa shape index (κ3) is 4.43. The summed E-state index contributed by atoms with van der Waals surface area (Å²) in [5.74, 6) is -1.39. The molecule has 4 aromatic rings. The lowest BCUT2D eigenvalue weighted by atomic mass is 9.98. The summed E-state index contributed by atoms with van der Waals surface area (Å²) in [5.41, 5.74) is 3.60. The van der Waals surface area contributed by atoms with Crippen LogP contribution in [0.2, 0.25) is 0 Å². The Labute approximate surface area is 229 Å². The first-order valence-electron chi connectivity index (χ1n) is 12.9. The van der Waals surface area contributed by atoms with E-state index in [2.05, 4.69) is 0 Å². The number of amides is 2. The number of fused-ring (bicyclic) bond motifs is 1. The number of imide groups is 1. The highest BCUT2D eigenvalue weighted by Crippen LogP contribution is 2.35. The Bertz CT molecular complexity index is 1640. The quantitative estimate of drug-likeness (QED) is 0.194. The van der Waals surface area contributed by atoms with Gasteiger partial charge in [-0.05, 0) is 68.1 Å². The van der Waals surface area contributed by atoms with Crippen molar-refractivity contribution in [2.24, 2.45) is 0 Å². The van der Waals surface area contributed by atoms with Crippen LogP contribution < -0.4 is 0 Å². The lowest BCUT2D eigenvalue weighted by molar-refractivity contribution is -0.137. The average Bonchev–Trinajstić information content (AvgIpc) is 3.38. The maximum absolute atomic E-state index is 13.7. The third-order valence-electron chi connectivity index (χ3n) is 7.45. The van der Waals surface area contributed by atoms with Crippen molar-refractivity contribution >= 4 is 17.6 Å². The highest BCUT2D eigenvalue weighted by atomic mass is 19.4. The number of nitrogens with zero attached hydrogens (tertiary/aromatic N) is 2. The third-order valence-corrected chi connectivity index (χ3v) is 7.45. The van der Waals surface area contributed by atoms with Gasteiger partial charge in [-0.25, -0.2) is 0 Å². The van der Waals surface area contributed by atoms with Crippen LogP contribution in [-0.2, 0) is 19.1 Å². The van der Waals surface area contributed by atoms with Crippen molar-refractivity contribution < 1.29 is 27.6 Å². The maximum Gasteiger partial charge on any atom is 0.416 e. The van der Waals surface area contributed by atoms with Crippen molar-refractivity contribution in [2.75, 3.05) is 0 Å². The van der Waals surface area contributed by atoms with E-state index in [0.717, 1.165) is 17.7 Å². The standard InChI is InChI=1S/C32H27F3N2O3/c1-5-21-15-20(4)37(26(21)17-36-30(39)27-18(2)11-12-19(3)28(27)31(36)40)25-14-13-23(32(33,34)35)16-24(25)29(38)22-9-7-6-8-10-22/h6-16H,5,17H2,1-4H3. The van der Waals surface area contributed by atoms with Gasteiger partial charge in [-0.3, -0.25) is 19.3 Å². The normalized spacial score (nSPS) is 13.2. The van der Waals surface area contributed by atoms with Gasteiger partial charge in [0.05, 0.1) is 28.9 Å². The molecule has 0 saturated heterocycles. The van der Waals surface area contributed by atoms with Crippen LogP contribution in [0.25, 0.3) is 5.69 Å². The minimum atomic E-state index is -4.65. The van der Waals surface area contributed by atoms with Crippen LogP contribution in [0.15, 0.2) is 66.7 Å².